The summed E-state index contributed by atoms with van der Waals surface area (Å²) in [4.78, 5) is 23.7. The fourth-order valence-electron chi connectivity index (χ4n) is 0.995. The predicted molar refractivity (Wildman–Crippen MR) is 47.3 cm³/mol. The molecule has 1 aromatic rings. The molecule has 0 bridgehead atoms. The summed E-state index contributed by atoms with van der Waals surface area (Å²) >= 11 is 0. The van der Waals surface area contributed by atoms with Gasteiger partial charge in [-0.2, -0.15) is 0 Å². The van der Waals surface area contributed by atoms with Crippen molar-refractivity contribution in [1.82, 2.24) is 4.98 Å². The molecule has 2 N–H and O–H groups in total. The third-order valence-electron chi connectivity index (χ3n) is 1.61. The Balaban J connectivity index is 3.32. The summed E-state index contributed by atoms with van der Waals surface area (Å²) in [6.07, 6.45) is -5.08. The van der Waals surface area contributed by atoms with Gasteiger partial charge in [0.05, 0.1) is 7.11 Å². The van der Waals surface area contributed by atoms with E-state index < -0.39 is 35.1 Å². The molecule has 9 heteroatoms. The zero-order valence-corrected chi connectivity index (χ0v) is 8.29. The van der Waals surface area contributed by atoms with Gasteiger partial charge < -0.3 is 19.6 Å². The highest BCUT2D eigenvalue weighted by Gasteiger charge is 2.34. The molecule has 0 unspecified atom stereocenters. The molecule has 17 heavy (non-hydrogen) atoms. The zero-order chi connectivity index (χ0) is 13.2. The van der Waals surface area contributed by atoms with Gasteiger partial charge in [-0.3, -0.25) is 4.79 Å². The lowest BCUT2D eigenvalue weighted by molar-refractivity contribution is -0.275. The summed E-state index contributed by atoms with van der Waals surface area (Å²) in [5.41, 5.74) is -1.86. The number of carbonyl (C=O) groups is 1. The summed E-state index contributed by atoms with van der Waals surface area (Å²) in [6, 6.07) is 0.464. The third-order valence-corrected chi connectivity index (χ3v) is 1.61. The van der Waals surface area contributed by atoms with Crippen molar-refractivity contribution in [2.45, 2.75) is 6.36 Å². The Morgan fingerprint density at radius 1 is 1.47 bits per heavy atom. The average molecular weight is 253 g/mol. The average Bonchev–Trinajstić information content (AvgIpc) is 2.18. The summed E-state index contributed by atoms with van der Waals surface area (Å²) in [5.74, 6) is -3.38. The van der Waals surface area contributed by atoms with Crippen LogP contribution in [0.15, 0.2) is 10.9 Å². The molecule has 1 aromatic heterocycles. The number of carboxylic acid groups (broad SMARTS) is 1. The first-order chi connectivity index (χ1) is 7.74. The van der Waals surface area contributed by atoms with Gasteiger partial charge in [0.1, 0.15) is 5.69 Å². The van der Waals surface area contributed by atoms with E-state index in [0.29, 0.717) is 6.07 Å². The fourth-order valence-corrected chi connectivity index (χ4v) is 0.995. The molecule has 1 rings (SSSR count). The van der Waals surface area contributed by atoms with Crippen LogP contribution in [0.3, 0.4) is 0 Å². The normalized spacial score (nSPS) is 11.1. The van der Waals surface area contributed by atoms with Crippen LogP contribution in [0.5, 0.6) is 11.6 Å². The number of aromatic carboxylic acids is 1. The Hall–Kier alpha value is -2.19. The lowest BCUT2D eigenvalue weighted by Gasteiger charge is -2.11. The standard InChI is InChI=1S/C8H6F3NO5/c1-16-6-5(17-8(9,10)11)4(13)2-3(12-6)7(14)15/h2H,1H3,(H,12,13)(H,14,15). The van der Waals surface area contributed by atoms with Crippen LogP contribution >= 0.6 is 0 Å². The molecule has 0 fully saturated rings. The summed E-state index contributed by atoms with van der Waals surface area (Å²) < 4.78 is 43.7. The molecular formula is C8H6F3NO5. The minimum atomic E-state index is -5.08. The van der Waals surface area contributed by atoms with Crippen LogP contribution in [0.4, 0.5) is 13.2 Å². The van der Waals surface area contributed by atoms with E-state index in [9.17, 15) is 22.8 Å². The molecular weight excluding hydrogens is 247 g/mol. The first-order valence-electron chi connectivity index (χ1n) is 4.05. The number of methoxy groups -OCH3 is 1. The van der Waals surface area contributed by atoms with Gasteiger partial charge in [0.25, 0.3) is 0 Å². The van der Waals surface area contributed by atoms with Crippen LogP contribution < -0.4 is 14.9 Å². The molecule has 0 amide bonds. The number of H-pyrrole nitrogens is 1. The number of alkyl halides is 3. The Morgan fingerprint density at radius 3 is 2.47 bits per heavy atom. The second-order valence-corrected chi connectivity index (χ2v) is 2.76. The van der Waals surface area contributed by atoms with E-state index in [0.717, 1.165) is 7.11 Å². The van der Waals surface area contributed by atoms with Crippen LogP contribution in [-0.4, -0.2) is 29.5 Å². The molecule has 0 aliphatic carbocycles. The summed E-state index contributed by atoms with van der Waals surface area (Å²) in [5, 5.41) is 8.56. The van der Waals surface area contributed by atoms with Gasteiger partial charge in [0, 0.05) is 6.07 Å². The number of hydrogen-bond acceptors (Lipinski definition) is 4. The van der Waals surface area contributed by atoms with Crippen LogP contribution in [-0.2, 0) is 0 Å². The quantitative estimate of drug-likeness (QED) is 0.838. The number of rotatable bonds is 3. The highest BCUT2D eigenvalue weighted by Crippen LogP contribution is 2.26. The van der Waals surface area contributed by atoms with Gasteiger partial charge in [-0.25, -0.2) is 4.79 Å². The number of halogens is 3. The van der Waals surface area contributed by atoms with E-state index in [-0.39, 0.29) is 0 Å². The minimum absolute atomic E-state index is 0.464. The van der Waals surface area contributed by atoms with Crippen molar-refractivity contribution >= 4 is 5.97 Å². The SMILES string of the molecule is COc1[nH]c(C(=O)O)cc(=O)c1OC(F)(F)F. The van der Waals surface area contributed by atoms with Crippen molar-refractivity contribution in [3.05, 3.63) is 22.0 Å². The molecule has 0 aliphatic rings. The highest BCUT2D eigenvalue weighted by atomic mass is 19.4. The van der Waals surface area contributed by atoms with Crippen LogP contribution in [0.25, 0.3) is 0 Å². The summed E-state index contributed by atoms with van der Waals surface area (Å²) in [6.45, 7) is 0. The van der Waals surface area contributed by atoms with Crippen molar-refractivity contribution < 1.29 is 32.5 Å². The first kappa shape index (κ1) is 12.9. The number of hydrogen-bond donors (Lipinski definition) is 2. The van der Waals surface area contributed by atoms with Crippen LogP contribution in [0.2, 0.25) is 0 Å². The first-order valence-corrected chi connectivity index (χ1v) is 4.05. The highest BCUT2D eigenvalue weighted by molar-refractivity contribution is 5.85. The van der Waals surface area contributed by atoms with E-state index in [1.807, 2.05) is 4.98 Å². The van der Waals surface area contributed by atoms with Crippen LogP contribution in [0.1, 0.15) is 10.5 Å². The van der Waals surface area contributed by atoms with Gasteiger partial charge in [0.15, 0.2) is 0 Å². The second-order valence-electron chi connectivity index (χ2n) is 2.76. The van der Waals surface area contributed by atoms with Crippen molar-refractivity contribution in [2.24, 2.45) is 0 Å². The van der Waals surface area contributed by atoms with Gasteiger partial charge in [-0.05, 0) is 0 Å². The maximum Gasteiger partial charge on any atom is 0.573 e. The smallest absolute Gasteiger partial charge is 0.480 e. The van der Waals surface area contributed by atoms with Gasteiger partial charge in [-0.15, -0.1) is 13.2 Å². The third kappa shape index (κ3) is 3.13. The molecule has 0 spiro atoms. The van der Waals surface area contributed by atoms with Gasteiger partial charge in [-0.1, -0.05) is 0 Å². The Kier molecular flexibility index (Phi) is 3.30. The lowest BCUT2D eigenvalue weighted by Crippen LogP contribution is -2.23. The maximum absolute atomic E-state index is 11.9. The molecule has 0 radical (unpaired) electrons. The van der Waals surface area contributed by atoms with Crippen molar-refractivity contribution in [3.63, 3.8) is 0 Å². The predicted octanol–water partition coefficient (Wildman–Crippen LogP) is 0.980. The fraction of sp³-hybridized carbons (Fsp3) is 0.250. The topological polar surface area (TPSA) is 88.6 Å². The number of aromatic nitrogens is 1. The monoisotopic (exact) mass is 253 g/mol. The van der Waals surface area contributed by atoms with Crippen LogP contribution in [0, 0.1) is 0 Å². The molecule has 0 saturated carbocycles. The molecule has 6 nitrogen and oxygen atoms in total. The Labute approximate surface area is 91.6 Å². The van der Waals surface area contributed by atoms with Crippen molar-refractivity contribution in [3.8, 4) is 11.6 Å². The zero-order valence-electron chi connectivity index (χ0n) is 8.29. The number of ether oxygens (including phenoxy) is 2. The molecule has 94 valence electrons. The number of pyridine rings is 1. The van der Waals surface area contributed by atoms with Crippen molar-refractivity contribution in [1.29, 1.82) is 0 Å². The van der Waals surface area contributed by atoms with Gasteiger partial charge in [0.2, 0.25) is 17.1 Å². The Morgan fingerprint density at radius 2 is 2.06 bits per heavy atom. The molecule has 1 heterocycles. The molecule has 0 aromatic carbocycles. The lowest BCUT2D eigenvalue weighted by atomic mass is 10.3. The number of carboxylic acids is 1. The second kappa shape index (κ2) is 4.36. The van der Waals surface area contributed by atoms with E-state index in [1.165, 1.54) is 0 Å². The van der Waals surface area contributed by atoms with Gasteiger partial charge >= 0.3 is 12.3 Å². The maximum atomic E-state index is 11.9. The Bertz CT molecular complexity index is 493. The summed E-state index contributed by atoms with van der Waals surface area (Å²) in [7, 11) is 0.958. The van der Waals surface area contributed by atoms with E-state index in [2.05, 4.69) is 9.47 Å². The largest absolute Gasteiger partial charge is 0.573 e. The van der Waals surface area contributed by atoms with Crippen molar-refractivity contribution in [2.75, 3.05) is 7.11 Å². The molecule has 0 aliphatic heterocycles. The number of nitrogens with one attached hydrogen (secondary N) is 1. The van der Waals surface area contributed by atoms with E-state index in [4.69, 9.17) is 5.11 Å². The van der Waals surface area contributed by atoms with E-state index in [1.54, 1.807) is 0 Å². The molecule has 0 atom stereocenters. The number of aromatic amines is 1. The minimum Gasteiger partial charge on any atom is -0.480 e. The van der Waals surface area contributed by atoms with E-state index >= 15 is 0 Å². The molecule has 0 saturated heterocycles.